The lowest BCUT2D eigenvalue weighted by Crippen LogP contribution is -2.41. The molecule has 0 radical (unpaired) electrons. The summed E-state index contributed by atoms with van der Waals surface area (Å²) in [6.45, 7) is 0.682. The summed E-state index contributed by atoms with van der Waals surface area (Å²) in [6.07, 6.45) is 0.575. The molecule has 0 saturated heterocycles. The fourth-order valence-electron chi connectivity index (χ4n) is 2.74. The Bertz CT molecular complexity index is 1010. The first-order valence-corrected chi connectivity index (χ1v) is 10.9. The van der Waals surface area contributed by atoms with Crippen LogP contribution < -0.4 is 10.6 Å². The summed E-state index contributed by atoms with van der Waals surface area (Å²) in [7, 11) is 1.53. The molecule has 10 heteroatoms. The lowest BCUT2D eigenvalue weighted by molar-refractivity contribution is -0.117. The summed E-state index contributed by atoms with van der Waals surface area (Å²) >= 11 is 7.23. The van der Waals surface area contributed by atoms with Crippen LogP contribution >= 0.6 is 23.4 Å². The van der Waals surface area contributed by atoms with Crippen molar-refractivity contribution < 1.29 is 14.3 Å². The molecule has 3 rings (SSSR count). The number of amides is 3. The second kappa shape index (κ2) is 11.5. The summed E-state index contributed by atoms with van der Waals surface area (Å²) in [5.41, 5.74) is 1.92. The van der Waals surface area contributed by atoms with Crippen molar-refractivity contribution >= 4 is 35.3 Å². The van der Waals surface area contributed by atoms with Crippen molar-refractivity contribution in [1.29, 1.82) is 0 Å². The molecule has 31 heavy (non-hydrogen) atoms. The smallest absolute Gasteiger partial charge is 0.321 e. The molecule has 0 bridgehead atoms. The Balaban J connectivity index is 1.73. The van der Waals surface area contributed by atoms with E-state index < -0.39 is 11.9 Å². The Kier molecular flexibility index (Phi) is 8.45. The number of rotatable bonds is 9. The van der Waals surface area contributed by atoms with Gasteiger partial charge in [-0.1, -0.05) is 53.7 Å². The van der Waals surface area contributed by atoms with Crippen LogP contribution in [0.5, 0.6) is 0 Å². The van der Waals surface area contributed by atoms with Crippen molar-refractivity contribution in [3.05, 3.63) is 71.0 Å². The minimum Gasteiger partial charge on any atom is -0.383 e. The molecule has 1 aromatic heterocycles. The number of carbonyl (C=O) groups is 2. The summed E-state index contributed by atoms with van der Waals surface area (Å²) in [5, 5.41) is 14.6. The number of aromatic nitrogens is 3. The molecule has 0 aliphatic carbocycles. The number of hydrogen-bond acceptors (Lipinski definition) is 6. The molecule has 0 unspecified atom stereocenters. The standard InChI is InChI=1S/C21H22ClN5O3S/c1-30-12-11-23-20(29)24-19(28)14-31-21-26-25-18(13-15-5-3-2-4-6-15)27(21)17-9-7-16(22)8-10-17/h2-10H,11-14H2,1H3,(H2,23,24,28,29). The Morgan fingerprint density at radius 1 is 1.10 bits per heavy atom. The highest BCUT2D eigenvalue weighted by molar-refractivity contribution is 7.99. The molecule has 3 aromatic rings. The number of carbonyl (C=O) groups excluding carboxylic acids is 2. The minimum atomic E-state index is -0.563. The Hall–Kier alpha value is -2.88. The maximum Gasteiger partial charge on any atom is 0.321 e. The van der Waals surface area contributed by atoms with Crippen LogP contribution in [-0.4, -0.2) is 52.7 Å². The first-order chi connectivity index (χ1) is 15.1. The average Bonchev–Trinajstić information content (AvgIpc) is 3.16. The highest BCUT2D eigenvalue weighted by atomic mass is 35.5. The number of nitrogens with one attached hydrogen (secondary N) is 2. The quantitative estimate of drug-likeness (QED) is 0.377. The van der Waals surface area contributed by atoms with Crippen molar-refractivity contribution in [2.24, 2.45) is 0 Å². The molecule has 2 N–H and O–H groups in total. The fourth-order valence-corrected chi connectivity index (χ4v) is 3.64. The van der Waals surface area contributed by atoms with E-state index in [0.29, 0.717) is 29.8 Å². The van der Waals surface area contributed by atoms with Crippen LogP contribution in [0.25, 0.3) is 5.69 Å². The highest BCUT2D eigenvalue weighted by Crippen LogP contribution is 2.24. The molecule has 0 saturated carbocycles. The van der Waals surface area contributed by atoms with Crippen LogP contribution in [-0.2, 0) is 16.0 Å². The topological polar surface area (TPSA) is 98.1 Å². The Labute approximate surface area is 189 Å². The van der Waals surface area contributed by atoms with Crippen molar-refractivity contribution in [3.8, 4) is 5.69 Å². The van der Waals surface area contributed by atoms with Gasteiger partial charge in [0.1, 0.15) is 5.82 Å². The third kappa shape index (κ3) is 6.81. The molecule has 162 valence electrons. The molecule has 2 aromatic carbocycles. The second-order valence-electron chi connectivity index (χ2n) is 6.46. The molecule has 1 heterocycles. The molecule has 8 nitrogen and oxygen atoms in total. The van der Waals surface area contributed by atoms with Gasteiger partial charge in [-0.05, 0) is 29.8 Å². The maximum atomic E-state index is 12.2. The first-order valence-electron chi connectivity index (χ1n) is 9.50. The van der Waals surface area contributed by atoms with E-state index in [2.05, 4.69) is 20.8 Å². The van der Waals surface area contributed by atoms with Crippen LogP contribution in [0.3, 0.4) is 0 Å². The van der Waals surface area contributed by atoms with Crippen LogP contribution in [0.15, 0.2) is 59.8 Å². The number of urea groups is 1. The predicted molar refractivity (Wildman–Crippen MR) is 120 cm³/mol. The van der Waals surface area contributed by atoms with Gasteiger partial charge in [-0.2, -0.15) is 0 Å². The SMILES string of the molecule is COCCNC(=O)NC(=O)CSc1nnc(Cc2ccccc2)n1-c1ccc(Cl)cc1. The Morgan fingerprint density at radius 3 is 2.55 bits per heavy atom. The number of imide groups is 1. The van der Waals surface area contributed by atoms with E-state index in [-0.39, 0.29) is 5.75 Å². The van der Waals surface area contributed by atoms with E-state index in [1.807, 2.05) is 47.0 Å². The number of halogens is 1. The highest BCUT2D eigenvalue weighted by Gasteiger charge is 2.17. The predicted octanol–water partition coefficient (Wildman–Crippen LogP) is 3.08. The fraction of sp³-hybridized carbons (Fsp3) is 0.238. The van der Waals surface area contributed by atoms with E-state index in [9.17, 15) is 9.59 Å². The minimum absolute atomic E-state index is 0.00869. The maximum absolute atomic E-state index is 12.2. The van der Waals surface area contributed by atoms with Crippen molar-refractivity contribution in [1.82, 2.24) is 25.4 Å². The zero-order chi connectivity index (χ0) is 22.1. The number of nitrogens with zero attached hydrogens (tertiary/aromatic N) is 3. The van der Waals surface area contributed by atoms with Gasteiger partial charge in [-0.3, -0.25) is 14.7 Å². The lowest BCUT2D eigenvalue weighted by Gasteiger charge is -2.11. The monoisotopic (exact) mass is 459 g/mol. The van der Waals surface area contributed by atoms with E-state index in [0.717, 1.165) is 17.1 Å². The normalized spacial score (nSPS) is 10.6. The molecule has 0 spiro atoms. The zero-order valence-electron chi connectivity index (χ0n) is 16.9. The average molecular weight is 460 g/mol. The lowest BCUT2D eigenvalue weighted by atomic mass is 10.1. The van der Waals surface area contributed by atoms with Gasteiger partial charge in [-0.15, -0.1) is 10.2 Å². The van der Waals surface area contributed by atoms with Gasteiger partial charge in [0.15, 0.2) is 5.16 Å². The molecule has 0 fully saturated rings. The van der Waals surface area contributed by atoms with Gasteiger partial charge >= 0.3 is 6.03 Å². The Morgan fingerprint density at radius 2 is 1.84 bits per heavy atom. The van der Waals surface area contributed by atoms with Crippen molar-refractivity contribution in [3.63, 3.8) is 0 Å². The van der Waals surface area contributed by atoms with Crippen molar-refractivity contribution in [2.75, 3.05) is 26.0 Å². The number of hydrogen-bond donors (Lipinski definition) is 2. The zero-order valence-corrected chi connectivity index (χ0v) is 18.4. The van der Waals surface area contributed by atoms with Crippen LogP contribution in [0.4, 0.5) is 4.79 Å². The van der Waals surface area contributed by atoms with Gasteiger partial charge in [0.05, 0.1) is 12.4 Å². The first kappa shape index (κ1) is 22.8. The summed E-state index contributed by atoms with van der Waals surface area (Å²) < 4.78 is 6.74. The van der Waals surface area contributed by atoms with Gasteiger partial charge in [0.25, 0.3) is 0 Å². The number of benzene rings is 2. The van der Waals surface area contributed by atoms with Gasteiger partial charge in [0.2, 0.25) is 5.91 Å². The van der Waals surface area contributed by atoms with E-state index >= 15 is 0 Å². The summed E-state index contributed by atoms with van der Waals surface area (Å²) in [4.78, 5) is 23.9. The number of thioether (sulfide) groups is 1. The molecule has 0 aliphatic heterocycles. The second-order valence-corrected chi connectivity index (χ2v) is 7.84. The summed E-state index contributed by atoms with van der Waals surface area (Å²) in [5.74, 6) is 0.304. The van der Waals surface area contributed by atoms with E-state index in [1.54, 1.807) is 12.1 Å². The van der Waals surface area contributed by atoms with E-state index in [1.165, 1.54) is 18.9 Å². The third-order valence-corrected chi connectivity index (χ3v) is 5.35. The van der Waals surface area contributed by atoms with Crippen LogP contribution in [0.2, 0.25) is 5.02 Å². The van der Waals surface area contributed by atoms with Crippen LogP contribution in [0, 0.1) is 0 Å². The number of methoxy groups -OCH3 is 1. The number of ether oxygens (including phenoxy) is 1. The molecule has 0 aliphatic rings. The molecule has 0 atom stereocenters. The molecule has 3 amide bonds. The van der Waals surface area contributed by atoms with Crippen molar-refractivity contribution in [2.45, 2.75) is 11.6 Å². The van der Waals surface area contributed by atoms with Crippen LogP contribution in [0.1, 0.15) is 11.4 Å². The largest absolute Gasteiger partial charge is 0.383 e. The van der Waals surface area contributed by atoms with E-state index in [4.69, 9.17) is 16.3 Å². The molecular weight excluding hydrogens is 438 g/mol. The third-order valence-electron chi connectivity index (χ3n) is 4.17. The summed E-state index contributed by atoms with van der Waals surface area (Å²) in [6, 6.07) is 16.7. The molecular formula is C21H22ClN5O3S. The van der Waals surface area contributed by atoms with Gasteiger partial charge in [-0.25, -0.2) is 4.79 Å². The van der Waals surface area contributed by atoms with Gasteiger partial charge in [0, 0.05) is 30.8 Å². The van der Waals surface area contributed by atoms with Gasteiger partial charge < -0.3 is 10.1 Å².